The van der Waals surface area contributed by atoms with E-state index < -0.39 is 0 Å². The van der Waals surface area contributed by atoms with Gasteiger partial charge < -0.3 is 5.32 Å². The summed E-state index contributed by atoms with van der Waals surface area (Å²) in [6.07, 6.45) is 0. The van der Waals surface area contributed by atoms with Crippen LogP contribution < -0.4 is 5.32 Å². The van der Waals surface area contributed by atoms with Gasteiger partial charge in [-0.2, -0.15) is 5.10 Å². The van der Waals surface area contributed by atoms with Gasteiger partial charge >= 0.3 is 0 Å². The third-order valence-electron chi connectivity index (χ3n) is 5.83. The topological polar surface area (TPSA) is 46.9 Å². The number of anilines is 1. The minimum atomic E-state index is -0.228. The minimum Gasteiger partial charge on any atom is -0.321 e. The number of rotatable bonds is 4. The first-order valence-electron chi connectivity index (χ1n) is 11.0. The monoisotopic (exact) mass is 431 g/mol. The number of carbonyl (C=O) groups excluding carboxylic acids is 1. The van der Waals surface area contributed by atoms with Gasteiger partial charge in [-0.05, 0) is 72.5 Å². The molecule has 5 rings (SSSR count). The van der Waals surface area contributed by atoms with E-state index in [1.165, 1.54) is 0 Å². The predicted octanol–water partition coefficient (Wildman–Crippen LogP) is 6.87. The summed E-state index contributed by atoms with van der Waals surface area (Å²) in [5.41, 5.74) is 7.31. The Morgan fingerprint density at radius 3 is 2.27 bits per heavy atom. The molecular formula is C29H25N3O. The number of benzene rings is 4. The third kappa shape index (κ3) is 4.03. The van der Waals surface area contributed by atoms with Crippen LogP contribution in [0.25, 0.3) is 27.7 Å². The van der Waals surface area contributed by atoms with Crippen LogP contribution in [0.5, 0.6) is 0 Å². The smallest absolute Gasteiger partial charge is 0.276 e. The van der Waals surface area contributed by atoms with Gasteiger partial charge in [0.1, 0.15) is 0 Å². The molecule has 0 atom stereocenters. The van der Waals surface area contributed by atoms with Gasteiger partial charge in [0.05, 0.1) is 11.4 Å². The van der Waals surface area contributed by atoms with Crippen molar-refractivity contribution in [3.8, 4) is 16.9 Å². The van der Waals surface area contributed by atoms with Gasteiger partial charge in [-0.15, -0.1) is 0 Å². The molecule has 162 valence electrons. The Balaban J connectivity index is 1.65. The van der Waals surface area contributed by atoms with Crippen molar-refractivity contribution in [3.63, 3.8) is 0 Å². The molecule has 0 aliphatic carbocycles. The zero-order valence-electron chi connectivity index (χ0n) is 19.0. The average molecular weight is 432 g/mol. The van der Waals surface area contributed by atoms with Crippen LogP contribution in [0, 0.1) is 20.8 Å². The molecule has 4 aromatic carbocycles. The second kappa shape index (κ2) is 8.40. The maximum Gasteiger partial charge on any atom is 0.276 e. The normalized spacial score (nSPS) is 11.0. The zero-order chi connectivity index (χ0) is 22.9. The SMILES string of the molecule is Cc1cc(C)cc(NC(=O)c2cc(-c3cccc4ccccc34)n(-c3ccccc3C)n2)c1. The molecule has 0 unspecified atom stereocenters. The van der Waals surface area contributed by atoms with Crippen LogP contribution in [0.15, 0.2) is 91.0 Å². The molecule has 5 aromatic rings. The van der Waals surface area contributed by atoms with Crippen LogP contribution in [-0.4, -0.2) is 15.7 Å². The average Bonchev–Trinajstić information content (AvgIpc) is 3.23. The van der Waals surface area contributed by atoms with Crippen LogP contribution in [0.3, 0.4) is 0 Å². The number of amides is 1. The van der Waals surface area contributed by atoms with Crippen molar-refractivity contribution >= 4 is 22.4 Å². The number of nitrogens with one attached hydrogen (secondary N) is 1. The molecule has 0 bridgehead atoms. The van der Waals surface area contributed by atoms with Crippen molar-refractivity contribution in [3.05, 3.63) is 113 Å². The van der Waals surface area contributed by atoms with Crippen LogP contribution in [0.2, 0.25) is 0 Å². The molecule has 0 fully saturated rings. The number of hydrogen-bond acceptors (Lipinski definition) is 2. The molecule has 0 spiro atoms. The lowest BCUT2D eigenvalue weighted by Gasteiger charge is -2.12. The summed E-state index contributed by atoms with van der Waals surface area (Å²) < 4.78 is 1.88. The van der Waals surface area contributed by atoms with E-state index in [9.17, 15) is 4.79 Å². The van der Waals surface area contributed by atoms with Gasteiger partial charge in [0.15, 0.2) is 5.69 Å². The number of fused-ring (bicyclic) bond motifs is 1. The van der Waals surface area contributed by atoms with Crippen LogP contribution >= 0.6 is 0 Å². The lowest BCUT2D eigenvalue weighted by molar-refractivity contribution is 0.102. The van der Waals surface area contributed by atoms with Crippen LogP contribution in [0.1, 0.15) is 27.2 Å². The summed E-state index contributed by atoms with van der Waals surface area (Å²) >= 11 is 0. The van der Waals surface area contributed by atoms with Crippen LogP contribution in [0.4, 0.5) is 5.69 Å². The first-order valence-corrected chi connectivity index (χ1v) is 11.0. The Morgan fingerprint density at radius 1 is 0.788 bits per heavy atom. The van der Waals surface area contributed by atoms with Gasteiger partial charge in [-0.3, -0.25) is 4.79 Å². The zero-order valence-corrected chi connectivity index (χ0v) is 19.0. The van der Waals surface area contributed by atoms with Crippen molar-refractivity contribution in [2.75, 3.05) is 5.32 Å². The van der Waals surface area contributed by atoms with Crippen molar-refractivity contribution < 1.29 is 4.79 Å². The van der Waals surface area contributed by atoms with E-state index >= 15 is 0 Å². The minimum absolute atomic E-state index is 0.228. The standard InChI is InChI=1S/C29H25N3O/c1-19-15-20(2)17-23(16-19)30-29(33)26-18-28(32(31-26)27-14-7-4-9-21(27)3)25-13-8-11-22-10-5-6-12-24(22)25/h4-18H,1-3H3,(H,30,33). The summed E-state index contributed by atoms with van der Waals surface area (Å²) in [6, 6.07) is 30.5. The van der Waals surface area contributed by atoms with E-state index in [1.54, 1.807) is 0 Å². The van der Waals surface area contributed by atoms with Crippen molar-refractivity contribution in [2.24, 2.45) is 0 Å². The van der Waals surface area contributed by atoms with Crippen LogP contribution in [-0.2, 0) is 0 Å². The van der Waals surface area contributed by atoms with E-state index in [0.717, 1.165) is 50.1 Å². The molecule has 0 saturated carbocycles. The molecule has 0 aliphatic rings. The first kappa shape index (κ1) is 20.7. The molecule has 4 nitrogen and oxygen atoms in total. The number of nitrogens with zero attached hydrogens (tertiary/aromatic N) is 2. The molecule has 4 heteroatoms. The number of aryl methyl sites for hydroxylation is 3. The Morgan fingerprint density at radius 2 is 1.48 bits per heavy atom. The Labute approximate surface area is 193 Å². The molecule has 1 amide bonds. The Bertz CT molecular complexity index is 1470. The molecule has 0 saturated heterocycles. The number of carbonyl (C=O) groups is 1. The van der Waals surface area contributed by atoms with Crippen molar-refractivity contribution in [1.82, 2.24) is 9.78 Å². The highest BCUT2D eigenvalue weighted by Gasteiger charge is 2.19. The van der Waals surface area contributed by atoms with Gasteiger partial charge in [0, 0.05) is 11.3 Å². The fraction of sp³-hybridized carbons (Fsp3) is 0.103. The highest BCUT2D eigenvalue weighted by atomic mass is 16.1. The second-order valence-corrected chi connectivity index (χ2v) is 8.47. The summed E-state index contributed by atoms with van der Waals surface area (Å²) in [7, 11) is 0. The summed E-state index contributed by atoms with van der Waals surface area (Å²) in [5.74, 6) is -0.228. The van der Waals surface area contributed by atoms with E-state index in [0.29, 0.717) is 5.69 Å². The van der Waals surface area contributed by atoms with Gasteiger partial charge in [0.2, 0.25) is 0 Å². The molecule has 1 aromatic heterocycles. The summed E-state index contributed by atoms with van der Waals surface area (Å²) in [6.45, 7) is 6.10. The molecular weight excluding hydrogens is 406 g/mol. The Hall–Kier alpha value is -4.18. The maximum atomic E-state index is 13.2. The van der Waals surface area contributed by atoms with E-state index in [1.807, 2.05) is 73.1 Å². The molecule has 0 radical (unpaired) electrons. The summed E-state index contributed by atoms with van der Waals surface area (Å²) in [5, 5.41) is 10.1. The fourth-order valence-corrected chi connectivity index (χ4v) is 4.36. The van der Waals surface area contributed by atoms with Crippen molar-refractivity contribution in [1.29, 1.82) is 0 Å². The highest BCUT2D eigenvalue weighted by molar-refractivity contribution is 6.04. The second-order valence-electron chi connectivity index (χ2n) is 8.47. The number of aromatic nitrogens is 2. The van der Waals surface area contributed by atoms with Gasteiger partial charge in [-0.25, -0.2) is 4.68 Å². The molecule has 0 aliphatic heterocycles. The van der Waals surface area contributed by atoms with E-state index in [4.69, 9.17) is 5.10 Å². The van der Waals surface area contributed by atoms with E-state index in [-0.39, 0.29) is 5.91 Å². The lowest BCUT2D eigenvalue weighted by atomic mass is 10.0. The van der Waals surface area contributed by atoms with Crippen molar-refractivity contribution in [2.45, 2.75) is 20.8 Å². The number of hydrogen-bond donors (Lipinski definition) is 1. The molecule has 33 heavy (non-hydrogen) atoms. The fourth-order valence-electron chi connectivity index (χ4n) is 4.36. The molecule has 1 N–H and O–H groups in total. The maximum absolute atomic E-state index is 13.2. The predicted molar refractivity (Wildman–Crippen MR) is 135 cm³/mol. The summed E-state index contributed by atoms with van der Waals surface area (Å²) in [4.78, 5) is 13.2. The highest BCUT2D eigenvalue weighted by Crippen LogP contribution is 2.32. The number of para-hydroxylation sites is 1. The lowest BCUT2D eigenvalue weighted by Crippen LogP contribution is -2.13. The first-order chi connectivity index (χ1) is 16.0. The van der Waals surface area contributed by atoms with E-state index in [2.05, 4.69) is 48.6 Å². The molecule has 1 heterocycles. The van der Waals surface area contributed by atoms with Gasteiger partial charge in [-0.1, -0.05) is 66.7 Å². The third-order valence-corrected chi connectivity index (χ3v) is 5.83. The largest absolute Gasteiger partial charge is 0.321 e. The quantitative estimate of drug-likeness (QED) is 0.337. The Kier molecular flexibility index (Phi) is 5.27. The van der Waals surface area contributed by atoms with Gasteiger partial charge in [0.25, 0.3) is 5.91 Å².